The molecular formula is C15H16Cl2N2OS. The van der Waals surface area contributed by atoms with Crippen LogP contribution in [-0.4, -0.2) is 24.9 Å². The monoisotopic (exact) mass is 342 g/mol. The minimum Gasteiger partial charge on any atom is -0.378 e. The highest BCUT2D eigenvalue weighted by atomic mass is 35.5. The van der Waals surface area contributed by atoms with Crippen LogP contribution in [0.1, 0.15) is 28.2 Å². The molecule has 0 saturated carbocycles. The lowest BCUT2D eigenvalue weighted by atomic mass is 10.1. The predicted molar refractivity (Wildman–Crippen MR) is 90.8 cm³/mol. The van der Waals surface area contributed by atoms with Crippen molar-refractivity contribution in [2.24, 2.45) is 0 Å². The van der Waals surface area contributed by atoms with E-state index < -0.39 is 0 Å². The average molecular weight is 343 g/mol. The maximum Gasteiger partial charge on any atom is 0.254 e. The first-order valence-corrected chi connectivity index (χ1v) is 7.98. The van der Waals surface area contributed by atoms with Crippen molar-refractivity contribution in [1.29, 1.82) is 0 Å². The van der Waals surface area contributed by atoms with E-state index >= 15 is 0 Å². The van der Waals surface area contributed by atoms with Gasteiger partial charge in [0.25, 0.3) is 5.91 Å². The van der Waals surface area contributed by atoms with Crippen LogP contribution in [0.15, 0.2) is 30.3 Å². The summed E-state index contributed by atoms with van der Waals surface area (Å²) in [4.78, 5) is 14.7. The standard InChI is InChI=1S/C15H16Cl2N2OS/c1-9(13-6-7-14(17)21-13)18-10-4-5-12(16)11(8-10)15(20)19(2)3/h4-9,18H,1-3H3. The van der Waals surface area contributed by atoms with Crippen LogP contribution in [0.25, 0.3) is 0 Å². The Morgan fingerprint density at radius 1 is 1.24 bits per heavy atom. The molecule has 3 nitrogen and oxygen atoms in total. The molecule has 1 aromatic heterocycles. The van der Waals surface area contributed by atoms with Gasteiger partial charge >= 0.3 is 0 Å². The van der Waals surface area contributed by atoms with Crippen LogP contribution < -0.4 is 5.32 Å². The summed E-state index contributed by atoms with van der Waals surface area (Å²) < 4.78 is 0.762. The van der Waals surface area contributed by atoms with Gasteiger partial charge in [0.15, 0.2) is 0 Å². The number of halogens is 2. The lowest BCUT2D eigenvalue weighted by molar-refractivity contribution is 0.0828. The van der Waals surface area contributed by atoms with Crippen molar-refractivity contribution < 1.29 is 4.79 Å². The maximum absolute atomic E-state index is 12.1. The fourth-order valence-corrected chi connectivity index (χ4v) is 3.16. The molecule has 0 aliphatic heterocycles. The molecule has 0 fully saturated rings. The van der Waals surface area contributed by atoms with Gasteiger partial charge in [-0.05, 0) is 37.3 Å². The molecule has 0 radical (unpaired) electrons. The maximum atomic E-state index is 12.1. The number of carbonyl (C=O) groups is 1. The van der Waals surface area contributed by atoms with E-state index in [9.17, 15) is 4.79 Å². The van der Waals surface area contributed by atoms with E-state index in [2.05, 4.69) is 5.32 Å². The second-order valence-corrected chi connectivity index (χ2v) is 7.06. The normalized spacial score (nSPS) is 12.0. The first-order chi connectivity index (χ1) is 9.88. The molecular weight excluding hydrogens is 327 g/mol. The topological polar surface area (TPSA) is 32.3 Å². The quantitative estimate of drug-likeness (QED) is 0.854. The van der Waals surface area contributed by atoms with Crippen molar-refractivity contribution in [2.75, 3.05) is 19.4 Å². The third kappa shape index (κ3) is 3.90. The van der Waals surface area contributed by atoms with Crippen LogP contribution in [0.4, 0.5) is 5.69 Å². The molecule has 0 spiro atoms. The average Bonchev–Trinajstić information content (AvgIpc) is 2.86. The van der Waals surface area contributed by atoms with Crippen molar-refractivity contribution >= 4 is 46.1 Å². The molecule has 0 saturated heterocycles. The number of rotatable bonds is 4. The number of anilines is 1. The first-order valence-electron chi connectivity index (χ1n) is 6.41. The fourth-order valence-electron chi connectivity index (χ4n) is 1.90. The number of hydrogen-bond donors (Lipinski definition) is 1. The van der Waals surface area contributed by atoms with Crippen LogP contribution >= 0.6 is 34.5 Å². The van der Waals surface area contributed by atoms with E-state index in [1.165, 1.54) is 16.2 Å². The highest BCUT2D eigenvalue weighted by molar-refractivity contribution is 7.16. The Morgan fingerprint density at radius 2 is 1.95 bits per heavy atom. The van der Waals surface area contributed by atoms with Crippen LogP contribution in [0.5, 0.6) is 0 Å². The van der Waals surface area contributed by atoms with Crippen LogP contribution in [0.3, 0.4) is 0 Å². The number of amides is 1. The van der Waals surface area contributed by atoms with E-state index in [0.29, 0.717) is 10.6 Å². The molecule has 0 aliphatic rings. The smallest absolute Gasteiger partial charge is 0.254 e. The Kier molecular flexibility index (Phi) is 5.14. The zero-order valence-electron chi connectivity index (χ0n) is 12.0. The Labute approximate surface area is 138 Å². The van der Waals surface area contributed by atoms with Gasteiger partial charge in [-0.3, -0.25) is 4.79 Å². The third-order valence-corrected chi connectivity index (χ3v) is 4.75. The van der Waals surface area contributed by atoms with Gasteiger partial charge in [0.05, 0.1) is 21.0 Å². The van der Waals surface area contributed by atoms with Crippen LogP contribution in [-0.2, 0) is 0 Å². The summed E-state index contributed by atoms with van der Waals surface area (Å²) in [6.07, 6.45) is 0. The summed E-state index contributed by atoms with van der Waals surface area (Å²) in [7, 11) is 3.41. The van der Waals surface area contributed by atoms with E-state index in [1.54, 1.807) is 26.2 Å². The number of benzene rings is 1. The van der Waals surface area contributed by atoms with Crippen molar-refractivity contribution in [3.05, 3.63) is 50.1 Å². The van der Waals surface area contributed by atoms with Gasteiger partial charge in [-0.1, -0.05) is 23.2 Å². The second-order valence-electron chi connectivity index (χ2n) is 4.90. The van der Waals surface area contributed by atoms with Gasteiger partial charge in [-0.15, -0.1) is 11.3 Å². The number of thiophene rings is 1. The third-order valence-electron chi connectivity index (χ3n) is 3.01. The fraction of sp³-hybridized carbons (Fsp3) is 0.267. The zero-order chi connectivity index (χ0) is 15.6. The van der Waals surface area contributed by atoms with Gasteiger partial charge in [-0.2, -0.15) is 0 Å². The Bertz CT molecular complexity index is 655. The lowest BCUT2D eigenvalue weighted by Crippen LogP contribution is -2.22. The summed E-state index contributed by atoms with van der Waals surface area (Å²) in [6.45, 7) is 2.05. The zero-order valence-corrected chi connectivity index (χ0v) is 14.3. The molecule has 1 heterocycles. The Balaban J connectivity index is 2.21. The summed E-state index contributed by atoms with van der Waals surface area (Å²) in [6, 6.07) is 9.34. The molecule has 0 bridgehead atoms. The minimum absolute atomic E-state index is 0.103. The Morgan fingerprint density at radius 3 is 2.52 bits per heavy atom. The lowest BCUT2D eigenvalue weighted by Gasteiger charge is -2.16. The van der Waals surface area contributed by atoms with Gasteiger partial charge < -0.3 is 10.2 Å². The summed E-state index contributed by atoms with van der Waals surface area (Å²) in [5, 5.41) is 3.81. The molecule has 0 aliphatic carbocycles. The largest absolute Gasteiger partial charge is 0.378 e. The van der Waals surface area contributed by atoms with E-state index in [0.717, 1.165) is 14.9 Å². The Hall–Kier alpha value is -1.23. The molecule has 21 heavy (non-hydrogen) atoms. The van der Waals surface area contributed by atoms with Crippen molar-refractivity contribution in [2.45, 2.75) is 13.0 Å². The molecule has 2 aromatic rings. The molecule has 1 unspecified atom stereocenters. The second kappa shape index (κ2) is 6.69. The van der Waals surface area contributed by atoms with Crippen LogP contribution in [0, 0.1) is 0 Å². The van der Waals surface area contributed by atoms with Crippen molar-refractivity contribution in [1.82, 2.24) is 4.90 Å². The van der Waals surface area contributed by atoms with Gasteiger partial charge in [0.2, 0.25) is 0 Å². The molecule has 112 valence electrons. The highest BCUT2D eigenvalue weighted by Crippen LogP contribution is 2.30. The first kappa shape index (κ1) is 16.1. The molecule has 1 aromatic carbocycles. The molecule has 2 rings (SSSR count). The van der Waals surface area contributed by atoms with Gasteiger partial charge in [-0.25, -0.2) is 0 Å². The van der Waals surface area contributed by atoms with E-state index in [1.807, 2.05) is 25.1 Å². The molecule has 1 amide bonds. The minimum atomic E-state index is -0.115. The SMILES string of the molecule is CC(Nc1ccc(Cl)c(C(=O)N(C)C)c1)c1ccc(Cl)s1. The van der Waals surface area contributed by atoms with Crippen molar-refractivity contribution in [3.8, 4) is 0 Å². The van der Waals surface area contributed by atoms with Crippen LogP contribution in [0.2, 0.25) is 9.36 Å². The van der Waals surface area contributed by atoms with Gasteiger partial charge in [0, 0.05) is 24.7 Å². The highest BCUT2D eigenvalue weighted by Gasteiger charge is 2.14. The van der Waals surface area contributed by atoms with E-state index in [-0.39, 0.29) is 11.9 Å². The van der Waals surface area contributed by atoms with E-state index in [4.69, 9.17) is 23.2 Å². The summed E-state index contributed by atoms with van der Waals surface area (Å²) >= 11 is 13.6. The molecule has 6 heteroatoms. The number of nitrogens with zero attached hydrogens (tertiary/aromatic N) is 1. The number of nitrogens with one attached hydrogen (secondary N) is 1. The van der Waals surface area contributed by atoms with Crippen molar-refractivity contribution in [3.63, 3.8) is 0 Å². The summed E-state index contributed by atoms with van der Waals surface area (Å²) in [5.41, 5.74) is 1.34. The predicted octanol–water partition coefficient (Wildman–Crippen LogP) is 4.93. The molecule has 1 N–H and O–H groups in total. The summed E-state index contributed by atoms with van der Waals surface area (Å²) in [5.74, 6) is -0.115. The number of hydrogen-bond acceptors (Lipinski definition) is 3. The number of carbonyl (C=O) groups excluding carboxylic acids is 1. The van der Waals surface area contributed by atoms with Gasteiger partial charge in [0.1, 0.15) is 0 Å². The molecule has 1 atom stereocenters.